The van der Waals surface area contributed by atoms with Crippen LogP contribution in [0.2, 0.25) is 0 Å². The van der Waals surface area contributed by atoms with Crippen molar-refractivity contribution in [3.8, 4) is 0 Å². The maximum atomic E-state index is 12.7. The molecule has 0 aromatic heterocycles. The number of piperazine rings is 1. The van der Waals surface area contributed by atoms with E-state index in [0.29, 0.717) is 32.1 Å². The minimum Gasteiger partial charge on any atom is -0.381 e. The first-order valence-corrected chi connectivity index (χ1v) is 10.5. The molecule has 0 saturated carbocycles. The number of carbonyl (C=O) groups is 2. The summed E-state index contributed by atoms with van der Waals surface area (Å²) in [4.78, 5) is 23.7. The van der Waals surface area contributed by atoms with Crippen molar-refractivity contribution in [2.24, 2.45) is 5.92 Å². The van der Waals surface area contributed by atoms with Gasteiger partial charge >= 0.3 is 0 Å². The van der Waals surface area contributed by atoms with Crippen LogP contribution in [0.5, 0.6) is 0 Å². The van der Waals surface area contributed by atoms with Crippen LogP contribution in [-0.2, 0) is 19.6 Å². The lowest BCUT2D eigenvalue weighted by Gasteiger charge is -2.26. The van der Waals surface area contributed by atoms with E-state index in [1.165, 1.54) is 18.2 Å². The predicted molar refractivity (Wildman–Crippen MR) is 101 cm³/mol. The Morgan fingerprint density at radius 1 is 1.37 bits per heavy atom. The van der Waals surface area contributed by atoms with Gasteiger partial charge in [-0.25, -0.2) is 8.42 Å². The Bertz CT molecular complexity index is 764. The van der Waals surface area contributed by atoms with Crippen LogP contribution in [0.1, 0.15) is 30.6 Å². The number of nitrogens with one attached hydrogen (secondary N) is 2. The summed E-state index contributed by atoms with van der Waals surface area (Å²) in [5, 5.41) is 5.35. The van der Waals surface area contributed by atoms with E-state index in [-0.39, 0.29) is 41.9 Å². The molecule has 1 aromatic rings. The van der Waals surface area contributed by atoms with Crippen LogP contribution >= 0.6 is 0 Å². The molecule has 0 bridgehead atoms. The molecule has 1 aliphatic rings. The number of carbonyl (C=O) groups excluding carboxylic acids is 2. The quantitative estimate of drug-likeness (QED) is 0.594. The highest BCUT2D eigenvalue weighted by molar-refractivity contribution is 7.89. The van der Waals surface area contributed by atoms with Gasteiger partial charge in [-0.1, -0.05) is 19.9 Å². The summed E-state index contributed by atoms with van der Waals surface area (Å²) in [6.45, 7) is 6.10. The SMILES string of the molecule is CC(C)COCCCNC(=O)c1cccc(S(=O)(=O)N2CCNC(=O)C2)c1. The molecular formula is C18H27N3O5S. The molecule has 0 unspecified atom stereocenters. The summed E-state index contributed by atoms with van der Waals surface area (Å²) >= 11 is 0. The van der Waals surface area contributed by atoms with Gasteiger partial charge < -0.3 is 15.4 Å². The Hall–Kier alpha value is -1.97. The molecule has 8 nitrogen and oxygen atoms in total. The molecule has 0 radical (unpaired) electrons. The third-order valence-corrected chi connectivity index (χ3v) is 5.78. The van der Waals surface area contributed by atoms with Crippen molar-refractivity contribution in [2.45, 2.75) is 25.2 Å². The second-order valence-corrected chi connectivity index (χ2v) is 8.73. The second kappa shape index (κ2) is 9.82. The number of hydrogen-bond donors (Lipinski definition) is 2. The van der Waals surface area contributed by atoms with Gasteiger partial charge in [-0.15, -0.1) is 0 Å². The largest absolute Gasteiger partial charge is 0.381 e. The van der Waals surface area contributed by atoms with E-state index in [1.807, 2.05) is 0 Å². The van der Waals surface area contributed by atoms with E-state index in [0.717, 1.165) is 4.31 Å². The first kappa shape index (κ1) is 21.3. The van der Waals surface area contributed by atoms with Gasteiger partial charge in [0.25, 0.3) is 5.91 Å². The van der Waals surface area contributed by atoms with Crippen molar-refractivity contribution in [2.75, 3.05) is 39.4 Å². The minimum atomic E-state index is -3.82. The molecule has 2 rings (SSSR count). The topological polar surface area (TPSA) is 105 Å². The highest BCUT2D eigenvalue weighted by Gasteiger charge is 2.29. The molecule has 1 saturated heterocycles. The van der Waals surface area contributed by atoms with Crippen LogP contribution in [0.4, 0.5) is 0 Å². The van der Waals surface area contributed by atoms with E-state index in [9.17, 15) is 18.0 Å². The lowest BCUT2D eigenvalue weighted by atomic mass is 10.2. The number of sulfonamides is 1. The molecule has 0 aliphatic carbocycles. The maximum absolute atomic E-state index is 12.7. The van der Waals surface area contributed by atoms with Gasteiger partial charge in [-0.3, -0.25) is 9.59 Å². The van der Waals surface area contributed by atoms with Gasteiger partial charge in [0.1, 0.15) is 0 Å². The number of rotatable bonds is 9. The smallest absolute Gasteiger partial charge is 0.251 e. The lowest BCUT2D eigenvalue weighted by Crippen LogP contribution is -2.49. The van der Waals surface area contributed by atoms with Crippen molar-refractivity contribution >= 4 is 21.8 Å². The third-order valence-electron chi connectivity index (χ3n) is 3.94. The van der Waals surface area contributed by atoms with E-state index >= 15 is 0 Å². The number of ether oxygens (including phenoxy) is 1. The van der Waals surface area contributed by atoms with Gasteiger partial charge in [0, 0.05) is 38.4 Å². The average molecular weight is 397 g/mol. The Balaban J connectivity index is 1.94. The Kier molecular flexibility index (Phi) is 7.76. The van der Waals surface area contributed by atoms with Gasteiger partial charge in [0.05, 0.1) is 11.4 Å². The molecule has 1 heterocycles. The zero-order chi connectivity index (χ0) is 19.9. The first-order valence-electron chi connectivity index (χ1n) is 9.03. The second-order valence-electron chi connectivity index (χ2n) is 6.79. The van der Waals surface area contributed by atoms with Crippen molar-refractivity contribution in [3.63, 3.8) is 0 Å². The van der Waals surface area contributed by atoms with Crippen molar-refractivity contribution in [1.82, 2.24) is 14.9 Å². The maximum Gasteiger partial charge on any atom is 0.251 e. The fraction of sp³-hybridized carbons (Fsp3) is 0.556. The van der Waals surface area contributed by atoms with E-state index in [1.54, 1.807) is 6.07 Å². The van der Waals surface area contributed by atoms with Crippen molar-refractivity contribution < 1.29 is 22.7 Å². The fourth-order valence-corrected chi connectivity index (χ4v) is 4.01. The molecule has 27 heavy (non-hydrogen) atoms. The summed E-state index contributed by atoms with van der Waals surface area (Å²) in [5.41, 5.74) is 0.264. The fourth-order valence-electron chi connectivity index (χ4n) is 2.56. The van der Waals surface area contributed by atoms with E-state index in [2.05, 4.69) is 24.5 Å². The first-order chi connectivity index (χ1) is 12.8. The normalized spacial score (nSPS) is 15.6. The summed E-state index contributed by atoms with van der Waals surface area (Å²) in [6.07, 6.45) is 0.680. The number of amides is 2. The molecule has 1 fully saturated rings. The molecule has 1 aromatic carbocycles. The number of nitrogens with zero attached hydrogens (tertiary/aromatic N) is 1. The molecule has 1 aliphatic heterocycles. The van der Waals surface area contributed by atoms with E-state index < -0.39 is 10.0 Å². The van der Waals surface area contributed by atoms with E-state index in [4.69, 9.17) is 4.74 Å². The number of hydrogen-bond acceptors (Lipinski definition) is 5. The number of benzene rings is 1. The van der Waals surface area contributed by atoms with Gasteiger partial charge in [-0.05, 0) is 30.5 Å². The standard InChI is InChI=1S/C18H27N3O5S/c1-14(2)13-26-10-4-7-20-18(23)15-5-3-6-16(11-15)27(24,25)21-9-8-19-17(22)12-21/h3,5-6,11,14H,4,7-10,12-13H2,1-2H3,(H,19,22)(H,20,23). The predicted octanol–water partition coefficient (Wildman–Crippen LogP) is 0.600. The summed E-state index contributed by atoms with van der Waals surface area (Å²) in [5.74, 6) is -0.207. The molecule has 2 N–H and O–H groups in total. The highest BCUT2D eigenvalue weighted by atomic mass is 32.2. The molecule has 2 amide bonds. The summed E-state index contributed by atoms with van der Waals surface area (Å²) in [6, 6.07) is 5.86. The van der Waals surface area contributed by atoms with Crippen molar-refractivity contribution in [1.29, 1.82) is 0 Å². The monoisotopic (exact) mass is 397 g/mol. The zero-order valence-electron chi connectivity index (χ0n) is 15.7. The van der Waals surface area contributed by atoms with Crippen LogP contribution in [0, 0.1) is 5.92 Å². The van der Waals surface area contributed by atoms with Gasteiger partial charge in [0.15, 0.2) is 0 Å². The lowest BCUT2D eigenvalue weighted by molar-refractivity contribution is -0.122. The average Bonchev–Trinajstić information content (AvgIpc) is 2.64. The Morgan fingerprint density at radius 3 is 2.85 bits per heavy atom. The molecule has 0 atom stereocenters. The molecule has 150 valence electrons. The minimum absolute atomic E-state index is 0.00474. The molecule has 9 heteroatoms. The third kappa shape index (κ3) is 6.30. The Labute approximate surface area is 160 Å². The van der Waals surface area contributed by atoms with Crippen molar-refractivity contribution in [3.05, 3.63) is 29.8 Å². The van der Waals surface area contributed by atoms with Crippen LogP contribution in [0.15, 0.2) is 29.2 Å². The highest BCUT2D eigenvalue weighted by Crippen LogP contribution is 2.18. The molecular weight excluding hydrogens is 370 g/mol. The van der Waals surface area contributed by atoms with Gasteiger partial charge in [-0.2, -0.15) is 4.31 Å². The zero-order valence-corrected chi connectivity index (χ0v) is 16.5. The summed E-state index contributed by atoms with van der Waals surface area (Å²) < 4.78 is 32.0. The van der Waals surface area contributed by atoms with Gasteiger partial charge in [0.2, 0.25) is 15.9 Å². The Morgan fingerprint density at radius 2 is 2.15 bits per heavy atom. The van der Waals surface area contributed by atoms with Crippen LogP contribution in [0.25, 0.3) is 0 Å². The van der Waals surface area contributed by atoms with Crippen LogP contribution in [0.3, 0.4) is 0 Å². The van der Waals surface area contributed by atoms with Crippen LogP contribution in [-0.4, -0.2) is 63.9 Å². The van der Waals surface area contributed by atoms with Crippen LogP contribution < -0.4 is 10.6 Å². The summed E-state index contributed by atoms with van der Waals surface area (Å²) in [7, 11) is -3.82. The molecule has 0 spiro atoms.